The molecule has 0 fully saturated rings. The van der Waals surface area contributed by atoms with Crippen LogP contribution in [0.5, 0.6) is 0 Å². The van der Waals surface area contributed by atoms with Crippen LogP contribution in [0.3, 0.4) is 0 Å². The van der Waals surface area contributed by atoms with Crippen LogP contribution in [0.1, 0.15) is 28.6 Å². The maximum absolute atomic E-state index is 12.1. The van der Waals surface area contributed by atoms with E-state index in [1.54, 1.807) is 0 Å². The minimum absolute atomic E-state index is 0. The van der Waals surface area contributed by atoms with Crippen molar-refractivity contribution in [2.75, 3.05) is 11.9 Å². The molecule has 1 aromatic heterocycles. The first-order valence-electron chi connectivity index (χ1n) is 6.89. The number of amides is 1. The summed E-state index contributed by atoms with van der Waals surface area (Å²) in [5, 5.41) is 3.47. The van der Waals surface area contributed by atoms with Gasteiger partial charge in [0.15, 0.2) is 5.13 Å². The number of aromatic nitrogens is 1. The van der Waals surface area contributed by atoms with Gasteiger partial charge >= 0.3 is 0 Å². The van der Waals surface area contributed by atoms with Crippen LogP contribution in [0.25, 0.3) is 0 Å². The van der Waals surface area contributed by atoms with E-state index in [2.05, 4.69) is 10.3 Å². The van der Waals surface area contributed by atoms with Crippen molar-refractivity contribution in [2.45, 2.75) is 25.5 Å². The van der Waals surface area contributed by atoms with Gasteiger partial charge in [0.25, 0.3) is 0 Å². The highest BCUT2D eigenvalue weighted by atomic mass is 35.5. The van der Waals surface area contributed by atoms with E-state index in [1.807, 2.05) is 30.3 Å². The third-order valence-corrected chi connectivity index (χ3v) is 4.36. The number of hydrogen-bond acceptors (Lipinski definition) is 5. The molecule has 2 heterocycles. The summed E-state index contributed by atoms with van der Waals surface area (Å²) in [6, 6.07) is 9.32. The lowest BCUT2D eigenvalue weighted by molar-refractivity contribution is -0.116. The number of hydrogen-bond donors (Lipinski definition) is 2. The topological polar surface area (TPSA) is 77.2 Å². The zero-order valence-electron chi connectivity index (χ0n) is 12.0. The highest BCUT2D eigenvalue weighted by Crippen LogP contribution is 2.27. The SMILES string of the molecule is Cl.NC(CC(=O)Nc1nc2c(s1)COCC2)c1ccccc1. The number of carbonyl (C=O) groups is 1. The number of nitrogens with two attached hydrogens (primary N) is 1. The molecular weight excluding hydrogens is 322 g/mol. The maximum atomic E-state index is 12.1. The van der Waals surface area contributed by atoms with Crippen molar-refractivity contribution in [3.63, 3.8) is 0 Å². The molecule has 7 heteroatoms. The Hall–Kier alpha value is -1.47. The minimum Gasteiger partial charge on any atom is -0.375 e. The normalized spacial score (nSPS) is 14.6. The Morgan fingerprint density at radius 2 is 2.18 bits per heavy atom. The van der Waals surface area contributed by atoms with Crippen molar-refractivity contribution in [3.8, 4) is 0 Å². The molecule has 5 nitrogen and oxygen atoms in total. The van der Waals surface area contributed by atoms with Crippen LogP contribution in [0, 0.1) is 0 Å². The standard InChI is InChI=1S/C15H17N3O2S.ClH/c16-11(10-4-2-1-3-5-10)8-14(19)18-15-17-12-6-7-20-9-13(12)21-15;/h1-5,11H,6-9,16H2,(H,17,18,19);1H. The summed E-state index contributed by atoms with van der Waals surface area (Å²) in [4.78, 5) is 17.6. The van der Waals surface area contributed by atoms with Crippen molar-refractivity contribution in [1.29, 1.82) is 0 Å². The molecule has 0 saturated carbocycles. The Kier molecular flexibility index (Phi) is 5.90. The molecule has 0 spiro atoms. The van der Waals surface area contributed by atoms with Gasteiger partial charge in [0.2, 0.25) is 5.91 Å². The molecule has 2 aromatic rings. The Morgan fingerprint density at radius 1 is 1.41 bits per heavy atom. The van der Waals surface area contributed by atoms with E-state index in [1.165, 1.54) is 11.3 Å². The third kappa shape index (κ3) is 4.04. The first kappa shape index (κ1) is 16.9. The number of nitrogens with zero attached hydrogens (tertiary/aromatic N) is 1. The number of thiazole rings is 1. The number of benzene rings is 1. The quantitative estimate of drug-likeness (QED) is 0.897. The first-order chi connectivity index (χ1) is 10.2. The average molecular weight is 340 g/mol. The Labute approximate surface area is 139 Å². The van der Waals surface area contributed by atoms with E-state index in [0.29, 0.717) is 18.3 Å². The summed E-state index contributed by atoms with van der Waals surface area (Å²) in [6.45, 7) is 1.29. The molecule has 118 valence electrons. The third-order valence-electron chi connectivity index (χ3n) is 3.37. The first-order valence-corrected chi connectivity index (χ1v) is 7.71. The van der Waals surface area contributed by atoms with E-state index in [0.717, 1.165) is 22.6 Å². The van der Waals surface area contributed by atoms with Gasteiger partial charge in [0.1, 0.15) is 0 Å². The van der Waals surface area contributed by atoms with E-state index in [9.17, 15) is 4.79 Å². The van der Waals surface area contributed by atoms with Crippen LogP contribution < -0.4 is 11.1 Å². The van der Waals surface area contributed by atoms with Gasteiger partial charge in [-0.05, 0) is 5.56 Å². The highest BCUT2D eigenvalue weighted by Gasteiger charge is 2.18. The molecule has 0 aliphatic carbocycles. The van der Waals surface area contributed by atoms with Gasteiger partial charge in [-0.2, -0.15) is 0 Å². The van der Waals surface area contributed by atoms with Gasteiger partial charge in [0, 0.05) is 18.9 Å². The van der Waals surface area contributed by atoms with Crippen LogP contribution in [0.15, 0.2) is 30.3 Å². The molecule has 0 bridgehead atoms. The van der Waals surface area contributed by atoms with Crippen molar-refractivity contribution in [1.82, 2.24) is 4.98 Å². The minimum atomic E-state index is -0.302. The van der Waals surface area contributed by atoms with Crippen LogP contribution in [-0.2, 0) is 22.6 Å². The summed E-state index contributed by atoms with van der Waals surface area (Å²) in [5.41, 5.74) is 8.04. The van der Waals surface area contributed by atoms with Crippen LogP contribution >= 0.6 is 23.7 Å². The van der Waals surface area contributed by atoms with E-state index in [-0.39, 0.29) is 30.8 Å². The van der Waals surface area contributed by atoms with Crippen LogP contribution in [0.4, 0.5) is 5.13 Å². The Morgan fingerprint density at radius 3 is 2.91 bits per heavy atom. The maximum Gasteiger partial charge on any atom is 0.228 e. The molecule has 3 N–H and O–H groups in total. The smallest absolute Gasteiger partial charge is 0.228 e. The second-order valence-electron chi connectivity index (χ2n) is 4.96. The monoisotopic (exact) mass is 339 g/mol. The fourth-order valence-corrected chi connectivity index (χ4v) is 3.23. The molecule has 1 aromatic carbocycles. The number of carbonyl (C=O) groups excluding carboxylic acids is 1. The second kappa shape index (κ2) is 7.69. The number of halogens is 1. The molecular formula is C15H18ClN3O2S. The molecule has 1 aliphatic heterocycles. The fraction of sp³-hybridized carbons (Fsp3) is 0.333. The number of nitrogens with one attached hydrogen (secondary N) is 1. The number of ether oxygens (including phenoxy) is 1. The lowest BCUT2D eigenvalue weighted by atomic mass is 10.0. The van der Waals surface area contributed by atoms with Crippen LogP contribution in [0.2, 0.25) is 0 Å². The lowest BCUT2D eigenvalue weighted by Gasteiger charge is -2.10. The molecule has 1 amide bonds. The number of anilines is 1. The summed E-state index contributed by atoms with van der Waals surface area (Å²) >= 11 is 1.48. The molecule has 3 rings (SSSR count). The second-order valence-corrected chi connectivity index (χ2v) is 6.04. The van der Waals surface area contributed by atoms with Gasteiger partial charge in [0.05, 0.1) is 23.8 Å². The largest absolute Gasteiger partial charge is 0.375 e. The van der Waals surface area contributed by atoms with Gasteiger partial charge in [-0.15, -0.1) is 12.4 Å². The predicted octanol–water partition coefficient (Wildman–Crippen LogP) is 2.67. The van der Waals surface area contributed by atoms with Crippen molar-refractivity contribution >= 4 is 34.8 Å². The molecule has 1 atom stereocenters. The van der Waals surface area contributed by atoms with Gasteiger partial charge < -0.3 is 15.8 Å². The van der Waals surface area contributed by atoms with Crippen molar-refractivity contribution in [2.24, 2.45) is 5.73 Å². The summed E-state index contributed by atoms with van der Waals surface area (Å²) < 4.78 is 5.37. The van der Waals surface area contributed by atoms with Crippen LogP contribution in [-0.4, -0.2) is 17.5 Å². The molecule has 0 radical (unpaired) electrons. The predicted molar refractivity (Wildman–Crippen MR) is 89.3 cm³/mol. The Bertz CT molecular complexity index is 609. The van der Waals surface area contributed by atoms with E-state index in [4.69, 9.17) is 10.5 Å². The zero-order chi connectivity index (χ0) is 14.7. The summed E-state index contributed by atoms with van der Waals surface area (Å²) in [5.74, 6) is -0.113. The van der Waals surface area contributed by atoms with Crippen molar-refractivity contribution < 1.29 is 9.53 Å². The van der Waals surface area contributed by atoms with Crippen molar-refractivity contribution in [3.05, 3.63) is 46.5 Å². The zero-order valence-corrected chi connectivity index (χ0v) is 13.6. The van der Waals surface area contributed by atoms with E-state index < -0.39 is 0 Å². The number of rotatable bonds is 4. The number of fused-ring (bicyclic) bond motifs is 1. The molecule has 0 saturated heterocycles. The Balaban J connectivity index is 0.00000176. The highest BCUT2D eigenvalue weighted by molar-refractivity contribution is 7.15. The van der Waals surface area contributed by atoms with Gasteiger partial charge in [-0.1, -0.05) is 41.7 Å². The molecule has 1 aliphatic rings. The van der Waals surface area contributed by atoms with Gasteiger partial charge in [-0.25, -0.2) is 4.98 Å². The summed E-state index contributed by atoms with van der Waals surface area (Å²) in [7, 11) is 0. The lowest BCUT2D eigenvalue weighted by Crippen LogP contribution is -2.20. The molecule has 1 unspecified atom stereocenters. The van der Waals surface area contributed by atoms with Gasteiger partial charge in [-0.3, -0.25) is 4.79 Å². The molecule has 22 heavy (non-hydrogen) atoms. The summed E-state index contributed by atoms with van der Waals surface area (Å²) in [6.07, 6.45) is 1.05. The van der Waals surface area contributed by atoms with E-state index >= 15 is 0 Å². The fourth-order valence-electron chi connectivity index (χ4n) is 2.27. The average Bonchev–Trinajstić information content (AvgIpc) is 2.90.